The van der Waals surface area contributed by atoms with Crippen LogP contribution < -0.4 is 5.32 Å². The van der Waals surface area contributed by atoms with Crippen molar-refractivity contribution in [1.82, 2.24) is 14.8 Å². The van der Waals surface area contributed by atoms with Gasteiger partial charge in [0, 0.05) is 12.3 Å². The summed E-state index contributed by atoms with van der Waals surface area (Å²) in [6.07, 6.45) is 4.60. The van der Waals surface area contributed by atoms with Crippen LogP contribution in [0, 0.1) is 13.8 Å². The van der Waals surface area contributed by atoms with Crippen molar-refractivity contribution in [3.63, 3.8) is 0 Å². The van der Waals surface area contributed by atoms with Crippen molar-refractivity contribution >= 4 is 17.4 Å². The van der Waals surface area contributed by atoms with Crippen LogP contribution in [0.1, 0.15) is 29.8 Å². The molecular formula is C17H24N4OS. The Balaban J connectivity index is 1.72. The van der Waals surface area contributed by atoms with Gasteiger partial charge in [0.05, 0.1) is 19.2 Å². The summed E-state index contributed by atoms with van der Waals surface area (Å²) < 4.78 is 7.96. The second-order valence-electron chi connectivity index (χ2n) is 6.02. The molecule has 1 atom stereocenters. The number of thioether (sulfide) groups is 1. The van der Waals surface area contributed by atoms with Gasteiger partial charge in [0.1, 0.15) is 0 Å². The highest BCUT2D eigenvalue weighted by Gasteiger charge is 2.20. The van der Waals surface area contributed by atoms with Gasteiger partial charge in [-0.15, -0.1) is 10.2 Å². The highest BCUT2D eigenvalue weighted by molar-refractivity contribution is 7.98. The van der Waals surface area contributed by atoms with Crippen molar-refractivity contribution in [1.29, 1.82) is 0 Å². The molecule has 0 amide bonds. The number of aryl methyl sites for hydroxylation is 2. The smallest absolute Gasteiger partial charge is 0.191 e. The maximum Gasteiger partial charge on any atom is 0.191 e. The summed E-state index contributed by atoms with van der Waals surface area (Å²) in [6.45, 7) is 6.62. The van der Waals surface area contributed by atoms with Gasteiger partial charge in [0.25, 0.3) is 0 Å². The zero-order chi connectivity index (χ0) is 16.2. The van der Waals surface area contributed by atoms with E-state index in [9.17, 15) is 0 Å². The first-order valence-electron chi connectivity index (χ1n) is 8.06. The minimum absolute atomic E-state index is 0.289. The fourth-order valence-electron chi connectivity index (χ4n) is 2.96. The van der Waals surface area contributed by atoms with E-state index in [2.05, 4.69) is 52.1 Å². The number of rotatable bonds is 6. The Kier molecular flexibility index (Phi) is 5.23. The molecule has 1 aromatic carbocycles. The lowest BCUT2D eigenvalue weighted by molar-refractivity contribution is 0.0942. The van der Waals surface area contributed by atoms with Crippen LogP contribution >= 0.6 is 11.8 Å². The van der Waals surface area contributed by atoms with Crippen molar-refractivity contribution in [3.8, 4) is 0 Å². The standard InChI is InChI=1S/C17H24N4OS/c1-12-6-7-15(13(2)9-12)18-10-16-19-20-17(23-3)21(16)11-14-5-4-8-22-14/h6-7,9,14,18H,4-5,8,10-11H2,1-3H3/t14-/m1/s1. The van der Waals surface area contributed by atoms with Crippen LogP contribution in [0.15, 0.2) is 23.4 Å². The molecule has 1 aliphatic rings. The molecule has 0 bridgehead atoms. The zero-order valence-corrected chi connectivity index (χ0v) is 14.8. The molecule has 0 aliphatic carbocycles. The molecule has 2 aromatic rings. The summed E-state index contributed by atoms with van der Waals surface area (Å²) in [7, 11) is 0. The SMILES string of the molecule is CSc1nnc(CNc2ccc(C)cc2C)n1C[C@H]1CCCO1. The van der Waals surface area contributed by atoms with Crippen molar-refractivity contribution in [2.75, 3.05) is 18.2 Å². The van der Waals surface area contributed by atoms with Gasteiger partial charge < -0.3 is 14.6 Å². The lowest BCUT2D eigenvalue weighted by atomic mass is 10.1. The number of ether oxygens (including phenoxy) is 1. The molecule has 0 spiro atoms. The van der Waals surface area contributed by atoms with E-state index in [1.165, 1.54) is 11.1 Å². The Morgan fingerprint density at radius 1 is 1.35 bits per heavy atom. The van der Waals surface area contributed by atoms with Crippen LogP contribution in [0.4, 0.5) is 5.69 Å². The molecule has 0 saturated carbocycles. The molecule has 5 nitrogen and oxygen atoms in total. The van der Waals surface area contributed by atoms with Crippen LogP contribution in [-0.4, -0.2) is 33.7 Å². The quantitative estimate of drug-likeness (QED) is 0.822. The summed E-state index contributed by atoms with van der Waals surface area (Å²) in [4.78, 5) is 0. The van der Waals surface area contributed by atoms with Gasteiger partial charge in [0.2, 0.25) is 0 Å². The van der Waals surface area contributed by atoms with Crippen molar-refractivity contribution < 1.29 is 4.74 Å². The van der Waals surface area contributed by atoms with E-state index in [0.717, 1.165) is 42.7 Å². The zero-order valence-electron chi connectivity index (χ0n) is 14.0. The van der Waals surface area contributed by atoms with Gasteiger partial charge in [-0.1, -0.05) is 29.5 Å². The number of aromatic nitrogens is 3. The Bertz CT molecular complexity index is 665. The number of benzene rings is 1. The van der Waals surface area contributed by atoms with Crippen molar-refractivity contribution in [3.05, 3.63) is 35.2 Å². The first-order valence-corrected chi connectivity index (χ1v) is 9.28. The molecule has 1 N–H and O–H groups in total. The third kappa shape index (κ3) is 3.87. The Labute approximate surface area is 141 Å². The van der Waals surface area contributed by atoms with E-state index in [0.29, 0.717) is 6.54 Å². The summed E-state index contributed by atoms with van der Waals surface area (Å²) >= 11 is 1.63. The molecular weight excluding hydrogens is 308 g/mol. The Hall–Kier alpha value is -1.53. The fraction of sp³-hybridized carbons (Fsp3) is 0.529. The number of hydrogen-bond acceptors (Lipinski definition) is 5. The second kappa shape index (κ2) is 7.36. The summed E-state index contributed by atoms with van der Waals surface area (Å²) in [5.74, 6) is 0.963. The molecule has 1 saturated heterocycles. The lowest BCUT2D eigenvalue weighted by Crippen LogP contribution is -2.19. The molecule has 1 aromatic heterocycles. The van der Waals surface area contributed by atoms with Gasteiger partial charge >= 0.3 is 0 Å². The van der Waals surface area contributed by atoms with Crippen LogP contribution in [0.3, 0.4) is 0 Å². The van der Waals surface area contributed by atoms with E-state index in [1.54, 1.807) is 11.8 Å². The minimum atomic E-state index is 0.289. The highest BCUT2D eigenvalue weighted by atomic mass is 32.2. The third-order valence-corrected chi connectivity index (χ3v) is 4.87. The summed E-state index contributed by atoms with van der Waals surface area (Å²) in [5.41, 5.74) is 3.67. The van der Waals surface area contributed by atoms with E-state index in [1.807, 2.05) is 6.26 Å². The monoisotopic (exact) mass is 332 g/mol. The highest BCUT2D eigenvalue weighted by Crippen LogP contribution is 2.21. The largest absolute Gasteiger partial charge is 0.378 e. The van der Waals surface area contributed by atoms with Gasteiger partial charge in [-0.2, -0.15) is 0 Å². The molecule has 124 valence electrons. The van der Waals surface area contributed by atoms with Gasteiger partial charge in [-0.05, 0) is 44.6 Å². The molecule has 1 fully saturated rings. The van der Waals surface area contributed by atoms with Gasteiger partial charge in [0.15, 0.2) is 11.0 Å². The predicted octanol–water partition coefficient (Wildman–Crippen LogP) is 3.41. The van der Waals surface area contributed by atoms with Crippen molar-refractivity contribution in [2.45, 2.75) is 51.0 Å². The van der Waals surface area contributed by atoms with Crippen LogP contribution in [0.25, 0.3) is 0 Å². The molecule has 0 unspecified atom stereocenters. The van der Waals surface area contributed by atoms with E-state index in [4.69, 9.17) is 4.74 Å². The summed E-state index contributed by atoms with van der Waals surface area (Å²) in [5, 5.41) is 13.1. The van der Waals surface area contributed by atoms with Crippen molar-refractivity contribution in [2.24, 2.45) is 0 Å². The second-order valence-corrected chi connectivity index (χ2v) is 6.79. The lowest BCUT2D eigenvalue weighted by Gasteiger charge is -2.15. The maximum atomic E-state index is 5.77. The molecule has 3 rings (SSSR count). The topological polar surface area (TPSA) is 52.0 Å². The average Bonchev–Trinajstić information content (AvgIpc) is 3.17. The first kappa shape index (κ1) is 16.3. The number of anilines is 1. The Morgan fingerprint density at radius 3 is 2.91 bits per heavy atom. The van der Waals surface area contributed by atoms with Gasteiger partial charge in [-0.25, -0.2) is 0 Å². The molecule has 23 heavy (non-hydrogen) atoms. The Morgan fingerprint density at radius 2 is 2.22 bits per heavy atom. The number of hydrogen-bond donors (Lipinski definition) is 1. The number of nitrogens with one attached hydrogen (secondary N) is 1. The molecule has 2 heterocycles. The first-order chi connectivity index (χ1) is 11.2. The normalized spacial score (nSPS) is 17.6. The van der Waals surface area contributed by atoms with Crippen LogP contribution in [0.2, 0.25) is 0 Å². The maximum absolute atomic E-state index is 5.77. The third-order valence-electron chi connectivity index (χ3n) is 4.21. The van der Waals surface area contributed by atoms with Crippen LogP contribution in [-0.2, 0) is 17.8 Å². The van der Waals surface area contributed by atoms with Gasteiger partial charge in [-0.3, -0.25) is 0 Å². The van der Waals surface area contributed by atoms with E-state index in [-0.39, 0.29) is 6.10 Å². The van der Waals surface area contributed by atoms with Crippen LogP contribution in [0.5, 0.6) is 0 Å². The van der Waals surface area contributed by atoms with E-state index >= 15 is 0 Å². The van der Waals surface area contributed by atoms with E-state index < -0.39 is 0 Å². The molecule has 0 radical (unpaired) electrons. The minimum Gasteiger partial charge on any atom is -0.378 e. The summed E-state index contributed by atoms with van der Waals surface area (Å²) in [6, 6.07) is 6.44. The molecule has 1 aliphatic heterocycles. The predicted molar refractivity (Wildman–Crippen MR) is 94.0 cm³/mol. The number of nitrogens with zero attached hydrogens (tertiary/aromatic N) is 3. The average molecular weight is 332 g/mol. The molecule has 6 heteroatoms. The fourth-order valence-corrected chi connectivity index (χ4v) is 3.49.